The average molecular weight is 575 g/mol. The molecule has 1 unspecified atom stereocenters. The molecule has 214 valence electrons. The molecule has 41 heavy (non-hydrogen) atoms. The second kappa shape index (κ2) is 12.8. The lowest BCUT2D eigenvalue weighted by atomic mass is 10.1. The van der Waals surface area contributed by atoms with Crippen molar-refractivity contribution in [1.29, 1.82) is 0 Å². The molecular formula is C31H35FN6O2S. The summed E-state index contributed by atoms with van der Waals surface area (Å²) in [4.78, 5) is 11.6. The van der Waals surface area contributed by atoms with Gasteiger partial charge in [-0.15, -0.1) is 0 Å². The average Bonchev–Trinajstić information content (AvgIpc) is 3.20. The van der Waals surface area contributed by atoms with E-state index in [1.807, 2.05) is 13.0 Å². The van der Waals surface area contributed by atoms with Crippen LogP contribution in [0.1, 0.15) is 30.5 Å². The minimum atomic E-state index is -3.65. The predicted molar refractivity (Wildman–Crippen MR) is 160 cm³/mol. The molecule has 0 aliphatic carbocycles. The quantitative estimate of drug-likeness (QED) is 0.250. The fourth-order valence-corrected chi connectivity index (χ4v) is 6.49. The molecule has 5 rings (SSSR count). The van der Waals surface area contributed by atoms with Gasteiger partial charge in [0.15, 0.2) is 0 Å². The van der Waals surface area contributed by atoms with Gasteiger partial charge in [0.1, 0.15) is 11.6 Å². The van der Waals surface area contributed by atoms with Crippen molar-refractivity contribution < 1.29 is 12.8 Å². The first-order chi connectivity index (χ1) is 19.8. The summed E-state index contributed by atoms with van der Waals surface area (Å²) >= 11 is 0. The van der Waals surface area contributed by atoms with E-state index >= 15 is 0 Å². The molecule has 2 heterocycles. The van der Waals surface area contributed by atoms with E-state index in [4.69, 9.17) is 0 Å². The molecular weight excluding hydrogens is 539 g/mol. The molecule has 0 saturated carbocycles. The van der Waals surface area contributed by atoms with Crippen LogP contribution in [0.3, 0.4) is 0 Å². The van der Waals surface area contributed by atoms with Gasteiger partial charge in [-0.25, -0.2) is 17.8 Å². The van der Waals surface area contributed by atoms with E-state index in [9.17, 15) is 12.8 Å². The Labute approximate surface area is 241 Å². The number of aromatic nitrogens is 2. The van der Waals surface area contributed by atoms with Crippen LogP contribution in [0, 0.1) is 12.7 Å². The summed E-state index contributed by atoms with van der Waals surface area (Å²) in [6.45, 7) is 4.55. The van der Waals surface area contributed by atoms with Gasteiger partial charge in [-0.2, -0.15) is 9.29 Å². The van der Waals surface area contributed by atoms with Crippen molar-refractivity contribution in [3.8, 4) is 0 Å². The largest absolute Gasteiger partial charge is 0.340 e. The summed E-state index contributed by atoms with van der Waals surface area (Å²) in [6.07, 6.45) is 2.58. The Hall–Kier alpha value is -3.86. The number of sulfonamides is 1. The first-order valence-electron chi connectivity index (χ1n) is 13.8. The number of aryl methyl sites for hydroxylation is 1. The Morgan fingerprint density at radius 3 is 2.32 bits per heavy atom. The smallest absolute Gasteiger partial charge is 0.243 e. The molecule has 1 saturated heterocycles. The molecule has 0 radical (unpaired) electrons. The van der Waals surface area contributed by atoms with Crippen molar-refractivity contribution in [2.24, 2.45) is 0 Å². The summed E-state index contributed by atoms with van der Waals surface area (Å²) in [7, 11) is -1.96. The van der Waals surface area contributed by atoms with Gasteiger partial charge in [0.05, 0.1) is 4.90 Å². The minimum absolute atomic E-state index is 0.0497. The van der Waals surface area contributed by atoms with Crippen LogP contribution in [0.25, 0.3) is 0 Å². The van der Waals surface area contributed by atoms with E-state index in [1.165, 1.54) is 17.7 Å². The lowest BCUT2D eigenvalue weighted by Crippen LogP contribution is -2.37. The van der Waals surface area contributed by atoms with Crippen molar-refractivity contribution in [3.05, 3.63) is 102 Å². The van der Waals surface area contributed by atoms with Gasteiger partial charge in [0.2, 0.25) is 16.0 Å². The highest BCUT2D eigenvalue weighted by Gasteiger charge is 2.29. The van der Waals surface area contributed by atoms with Crippen molar-refractivity contribution in [1.82, 2.24) is 19.2 Å². The predicted octanol–water partition coefficient (Wildman–Crippen LogP) is 6.09. The maximum Gasteiger partial charge on any atom is 0.243 e. The molecule has 1 aliphatic heterocycles. The molecule has 3 aromatic carbocycles. The summed E-state index contributed by atoms with van der Waals surface area (Å²) < 4.78 is 41.8. The molecule has 10 heteroatoms. The van der Waals surface area contributed by atoms with Gasteiger partial charge in [-0.3, -0.25) is 4.90 Å². The van der Waals surface area contributed by atoms with Crippen molar-refractivity contribution in [2.45, 2.75) is 43.7 Å². The molecule has 1 aliphatic rings. The second-order valence-corrected chi connectivity index (χ2v) is 12.4. The lowest BCUT2D eigenvalue weighted by Gasteiger charge is -2.27. The second-order valence-electron chi connectivity index (χ2n) is 10.4. The van der Waals surface area contributed by atoms with E-state index < -0.39 is 10.0 Å². The summed E-state index contributed by atoms with van der Waals surface area (Å²) in [5.74, 6) is 0.604. The highest BCUT2D eigenvalue weighted by Crippen LogP contribution is 2.26. The monoisotopic (exact) mass is 574 g/mol. The van der Waals surface area contributed by atoms with Crippen LogP contribution in [-0.4, -0.2) is 53.8 Å². The SMILES string of the molecule is Cc1cc(Nc2ccc(F)cc2)nc(Nc2ccc(S(=O)(=O)N(C)C3CCCN(Cc4ccccc4)CC3)cc2)n1. The number of hydrogen-bond donors (Lipinski definition) is 2. The van der Waals surface area contributed by atoms with Crippen LogP contribution < -0.4 is 10.6 Å². The number of likely N-dealkylation sites (tertiary alicyclic amines) is 1. The summed E-state index contributed by atoms with van der Waals surface area (Å²) in [6, 6.07) is 24.8. The first-order valence-corrected chi connectivity index (χ1v) is 15.2. The van der Waals surface area contributed by atoms with Crippen LogP contribution in [0.4, 0.5) is 27.5 Å². The van der Waals surface area contributed by atoms with Gasteiger partial charge >= 0.3 is 0 Å². The third-order valence-electron chi connectivity index (χ3n) is 7.31. The van der Waals surface area contributed by atoms with Crippen LogP contribution in [0.5, 0.6) is 0 Å². The van der Waals surface area contributed by atoms with Crippen LogP contribution >= 0.6 is 0 Å². The number of rotatable bonds is 9. The maximum atomic E-state index is 13.5. The summed E-state index contributed by atoms with van der Waals surface area (Å²) in [5.41, 5.74) is 3.37. The maximum absolute atomic E-state index is 13.5. The van der Waals surface area contributed by atoms with Crippen molar-refractivity contribution >= 4 is 33.2 Å². The molecule has 1 atom stereocenters. The Balaban J connectivity index is 1.22. The van der Waals surface area contributed by atoms with Crippen LogP contribution in [0.2, 0.25) is 0 Å². The number of hydrogen-bond acceptors (Lipinski definition) is 7. The number of benzene rings is 3. The molecule has 4 aromatic rings. The van der Waals surface area contributed by atoms with E-state index in [1.54, 1.807) is 53.8 Å². The van der Waals surface area contributed by atoms with E-state index in [0.29, 0.717) is 23.1 Å². The Kier molecular flexibility index (Phi) is 8.92. The van der Waals surface area contributed by atoms with E-state index in [2.05, 4.69) is 49.8 Å². The topological polar surface area (TPSA) is 90.5 Å². The zero-order valence-corrected chi connectivity index (χ0v) is 24.1. The van der Waals surface area contributed by atoms with Gasteiger partial charge < -0.3 is 10.6 Å². The molecule has 0 spiro atoms. The zero-order valence-electron chi connectivity index (χ0n) is 23.3. The minimum Gasteiger partial charge on any atom is -0.340 e. The molecule has 1 fully saturated rings. The highest BCUT2D eigenvalue weighted by molar-refractivity contribution is 7.89. The zero-order chi connectivity index (χ0) is 28.8. The van der Waals surface area contributed by atoms with Gasteiger partial charge in [0.25, 0.3) is 0 Å². The Morgan fingerprint density at radius 2 is 1.59 bits per heavy atom. The van der Waals surface area contributed by atoms with E-state index in [0.717, 1.165) is 44.6 Å². The Bertz CT molecular complexity index is 1550. The summed E-state index contributed by atoms with van der Waals surface area (Å²) in [5, 5.41) is 6.29. The Morgan fingerprint density at radius 1 is 0.902 bits per heavy atom. The lowest BCUT2D eigenvalue weighted by molar-refractivity contribution is 0.266. The molecule has 0 amide bonds. The number of halogens is 1. The highest BCUT2D eigenvalue weighted by atomic mass is 32.2. The molecule has 2 N–H and O–H groups in total. The van der Waals surface area contributed by atoms with Crippen LogP contribution in [-0.2, 0) is 16.6 Å². The third-order valence-corrected chi connectivity index (χ3v) is 9.24. The first kappa shape index (κ1) is 28.7. The van der Waals surface area contributed by atoms with Gasteiger partial charge in [-0.05, 0) is 86.8 Å². The number of anilines is 4. The number of nitrogens with one attached hydrogen (secondary N) is 2. The van der Waals surface area contributed by atoms with E-state index in [-0.39, 0.29) is 16.8 Å². The standard InChI is InChI=1S/C31H35FN6O2S/c1-23-21-30(34-26-12-10-25(32)11-13-26)36-31(33-23)35-27-14-16-29(17-15-27)41(39,40)37(2)28-9-6-19-38(20-18-28)22-24-7-4-3-5-8-24/h3-5,7-8,10-17,21,28H,6,9,18-20,22H2,1-2H3,(H2,33,34,35,36). The fourth-order valence-electron chi connectivity index (χ4n) is 5.07. The van der Waals surface area contributed by atoms with Crippen LogP contribution in [0.15, 0.2) is 89.8 Å². The normalized spacial score (nSPS) is 16.3. The van der Waals surface area contributed by atoms with Crippen molar-refractivity contribution in [2.75, 3.05) is 30.8 Å². The number of nitrogens with zero attached hydrogens (tertiary/aromatic N) is 4. The molecule has 8 nitrogen and oxygen atoms in total. The molecule has 1 aromatic heterocycles. The van der Waals surface area contributed by atoms with Gasteiger partial charge in [0, 0.05) is 49.3 Å². The molecule has 0 bridgehead atoms. The fraction of sp³-hybridized carbons (Fsp3) is 0.290. The van der Waals surface area contributed by atoms with Crippen molar-refractivity contribution in [3.63, 3.8) is 0 Å². The van der Waals surface area contributed by atoms with Gasteiger partial charge in [-0.1, -0.05) is 30.3 Å². The third kappa shape index (κ3) is 7.46.